The first kappa shape index (κ1) is 24.0. The molecule has 2 unspecified atom stereocenters. The fourth-order valence-electron chi connectivity index (χ4n) is 5.01. The minimum atomic E-state index is -0.523. The molecular formula is C25H30ClN5O4. The van der Waals surface area contributed by atoms with Crippen LogP contribution in [0.4, 0.5) is 5.95 Å². The Hall–Kier alpha value is -2.75. The first-order chi connectivity index (χ1) is 17.0. The summed E-state index contributed by atoms with van der Waals surface area (Å²) in [5.41, 5.74) is 2.67. The van der Waals surface area contributed by atoms with Crippen molar-refractivity contribution in [2.75, 3.05) is 25.1 Å². The van der Waals surface area contributed by atoms with Crippen LogP contribution >= 0.6 is 11.6 Å². The van der Waals surface area contributed by atoms with E-state index in [1.807, 2.05) is 12.1 Å². The zero-order valence-corrected chi connectivity index (χ0v) is 20.3. The van der Waals surface area contributed by atoms with Gasteiger partial charge in [-0.15, -0.1) is 0 Å². The lowest BCUT2D eigenvalue weighted by molar-refractivity contribution is -0.123. The lowest BCUT2D eigenvalue weighted by Gasteiger charge is -2.29. The van der Waals surface area contributed by atoms with E-state index in [0.717, 1.165) is 43.2 Å². The Kier molecular flexibility index (Phi) is 7.17. The number of hydrogen-bond donors (Lipinski definition) is 3. The Morgan fingerprint density at radius 2 is 2.00 bits per heavy atom. The van der Waals surface area contributed by atoms with Crippen LogP contribution in [0.25, 0.3) is 11.3 Å². The van der Waals surface area contributed by atoms with Gasteiger partial charge in [0.15, 0.2) is 0 Å². The van der Waals surface area contributed by atoms with E-state index in [0.29, 0.717) is 48.4 Å². The van der Waals surface area contributed by atoms with Gasteiger partial charge in [0.05, 0.1) is 29.1 Å². The van der Waals surface area contributed by atoms with Gasteiger partial charge in [0.2, 0.25) is 11.9 Å². The number of halogens is 1. The molecule has 3 N–H and O–H groups in total. The van der Waals surface area contributed by atoms with Crippen LogP contribution in [0.15, 0.2) is 24.4 Å². The summed E-state index contributed by atoms with van der Waals surface area (Å²) < 4.78 is 5.40. The van der Waals surface area contributed by atoms with E-state index in [4.69, 9.17) is 16.3 Å². The Bertz CT molecular complexity index is 1110. The largest absolute Gasteiger partial charge is 0.391 e. The SMILES string of the molecule is O=C(CN1Cc2ccc(-c3nc(NC4CCOCC4)ncc3Cl)cc2C1=O)NC1CCCCC1O. The van der Waals surface area contributed by atoms with Gasteiger partial charge in [-0.25, -0.2) is 9.97 Å². The number of carbonyl (C=O) groups excluding carboxylic acids is 2. The Labute approximate surface area is 209 Å². The second-order valence-electron chi connectivity index (χ2n) is 9.48. The Balaban J connectivity index is 1.28. The highest BCUT2D eigenvalue weighted by atomic mass is 35.5. The standard InChI is InChI=1S/C25H30ClN5O4/c26-19-12-27-25(28-17-7-9-35-10-8-17)30-23(19)15-5-6-16-13-31(24(34)18(16)11-15)14-22(33)29-20-3-1-2-4-21(20)32/h5-6,11-12,17,20-21,32H,1-4,7-10,13-14H2,(H,29,33)(H,27,28,30). The third-order valence-electron chi connectivity index (χ3n) is 6.97. The van der Waals surface area contributed by atoms with Crippen molar-refractivity contribution in [1.29, 1.82) is 0 Å². The normalized spacial score (nSPS) is 22.7. The number of benzene rings is 1. The molecule has 1 aliphatic carbocycles. The molecule has 2 aromatic rings. The quantitative estimate of drug-likeness (QED) is 0.559. The molecule has 35 heavy (non-hydrogen) atoms. The van der Waals surface area contributed by atoms with Gasteiger partial charge in [-0.1, -0.05) is 36.6 Å². The molecule has 1 saturated heterocycles. The molecule has 0 radical (unpaired) electrons. The zero-order valence-electron chi connectivity index (χ0n) is 19.5. The van der Waals surface area contributed by atoms with Crippen molar-refractivity contribution in [3.8, 4) is 11.3 Å². The van der Waals surface area contributed by atoms with Crippen LogP contribution < -0.4 is 10.6 Å². The van der Waals surface area contributed by atoms with Gasteiger partial charge in [-0.2, -0.15) is 0 Å². The van der Waals surface area contributed by atoms with E-state index in [-0.39, 0.29) is 30.4 Å². The first-order valence-corrected chi connectivity index (χ1v) is 12.6. The van der Waals surface area contributed by atoms with Crippen LogP contribution in [0.3, 0.4) is 0 Å². The molecule has 3 heterocycles. The molecule has 2 aliphatic heterocycles. The minimum Gasteiger partial charge on any atom is -0.391 e. The first-order valence-electron chi connectivity index (χ1n) is 12.2. The fraction of sp³-hybridized carbons (Fsp3) is 0.520. The van der Waals surface area contributed by atoms with Crippen molar-refractivity contribution in [2.45, 2.75) is 63.3 Å². The number of aliphatic hydroxyl groups excluding tert-OH is 1. The summed E-state index contributed by atoms with van der Waals surface area (Å²) in [5.74, 6) is 0.0400. The van der Waals surface area contributed by atoms with Crippen LogP contribution in [0.5, 0.6) is 0 Å². The highest BCUT2D eigenvalue weighted by Gasteiger charge is 2.31. The van der Waals surface area contributed by atoms with Crippen molar-refractivity contribution < 1.29 is 19.4 Å². The topological polar surface area (TPSA) is 117 Å². The predicted molar refractivity (Wildman–Crippen MR) is 131 cm³/mol. The number of amides is 2. The van der Waals surface area contributed by atoms with Gasteiger partial charge in [0.25, 0.3) is 5.91 Å². The average molecular weight is 500 g/mol. The molecule has 10 heteroatoms. The Morgan fingerprint density at radius 3 is 2.80 bits per heavy atom. The second-order valence-corrected chi connectivity index (χ2v) is 9.89. The van der Waals surface area contributed by atoms with Gasteiger partial charge >= 0.3 is 0 Å². The van der Waals surface area contributed by atoms with Crippen LogP contribution in [0.2, 0.25) is 5.02 Å². The van der Waals surface area contributed by atoms with Crippen LogP contribution in [0, 0.1) is 0 Å². The summed E-state index contributed by atoms with van der Waals surface area (Å²) in [6.07, 6.45) is 6.22. The molecule has 9 nitrogen and oxygen atoms in total. The van der Waals surface area contributed by atoms with Gasteiger partial charge in [-0.3, -0.25) is 9.59 Å². The molecule has 3 aliphatic rings. The number of aromatic nitrogens is 2. The summed E-state index contributed by atoms with van der Waals surface area (Å²) in [4.78, 5) is 36.1. The van der Waals surface area contributed by atoms with E-state index in [1.54, 1.807) is 12.3 Å². The van der Waals surface area contributed by atoms with Crippen LogP contribution in [-0.2, 0) is 16.1 Å². The third-order valence-corrected chi connectivity index (χ3v) is 7.25. The highest BCUT2D eigenvalue weighted by molar-refractivity contribution is 6.33. The summed E-state index contributed by atoms with van der Waals surface area (Å²) in [5, 5.41) is 16.8. The van der Waals surface area contributed by atoms with Crippen molar-refractivity contribution in [2.24, 2.45) is 0 Å². The maximum atomic E-state index is 13.1. The van der Waals surface area contributed by atoms with E-state index in [9.17, 15) is 14.7 Å². The Morgan fingerprint density at radius 1 is 1.20 bits per heavy atom. The van der Waals surface area contributed by atoms with Gasteiger partial charge < -0.3 is 25.4 Å². The highest BCUT2D eigenvalue weighted by Crippen LogP contribution is 2.31. The number of carbonyl (C=O) groups is 2. The molecular weight excluding hydrogens is 470 g/mol. The maximum Gasteiger partial charge on any atom is 0.254 e. The molecule has 2 atom stereocenters. The minimum absolute atomic E-state index is 0.0422. The maximum absolute atomic E-state index is 13.1. The summed E-state index contributed by atoms with van der Waals surface area (Å²) >= 11 is 6.42. The predicted octanol–water partition coefficient (Wildman–Crippen LogP) is 2.76. The molecule has 5 rings (SSSR count). The summed E-state index contributed by atoms with van der Waals surface area (Å²) in [6, 6.07) is 5.56. The molecule has 1 aromatic carbocycles. The van der Waals surface area contributed by atoms with Crippen molar-refractivity contribution in [3.05, 3.63) is 40.5 Å². The second kappa shape index (κ2) is 10.5. The number of fused-ring (bicyclic) bond motifs is 1. The van der Waals surface area contributed by atoms with Crippen LogP contribution in [0.1, 0.15) is 54.4 Å². The van der Waals surface area contributed by atoms with Crippen molar-refractivity contribution in [1.82, 2.24) is 20.2 Å². The number of anilines is 1. The lowest BCUT2D eigenvalue weighted by Crippen LogP contribution is -2.48. The van der Waals surface area contributed by atoms with E-state index >= 15 is 0 Å². The van der Waals surface area contributed by atoms with Gasteiger partial charge in [-0.05, 0) is 37.3 Å². The summed E-state index contributed by atoms with van der Waals surface area (Å²) in [7, 11) is 0. The molecule has 1 saturated carbocycles. The van der Waals surface area contributed by atoms with Crippen LogP contribution in [-0.4, -0.2) is 69.7 Å². The van der Waals surface area contributed by atoms with Crippen molar-refractivity contribution >= 4 is 29.4 Å². The average Bonchev–Trinajstić information content (AvgIpc) is 3.17. The molecule has 2 fully saturated rings. The number of nitrogens with one attached hydrogen (secondary N) is 2. The number of hydrogen-bond acceptors (Lipinski definition) is 7. The van der Waals surface area contributed by atoms with E-state index in [1.165, 1.54) is 4.90 Å². The molecule has 186 valence electrons. The molecule has 2 amide bonds. The van der Waals surface area contributed by atoms with Gasteiger partial charge in [0, 0.05) is 36.9 Å². The number of aliphatic hydroxyl groups is 1. The third kappa shape index (κ3) is 5.42. The number of rotatable bonds is 6. The molecule has 0 bridgehead atoms. The summed E-state index contributed by atoms with van der Waals surface area (Å²) in [6.45, 7) is 1.74. The molecule has 0 spiro atoms. The lowest BCUT2D eigenvalue weighted by atomic mass is 9.92. The number of nitrogens with zero attached hydrogens (tertiary/aromatic N) is 3. The smallest absolute Gasteiger partial charge is 0.254 e. The monoisotopic (exact) mass is 499 g/mol. The van der Waals surface area contributed by atoms with Crippen molar-refractivity contribution in [3.63, 3.8) is 0 Å². The zero-order chi connectivity index (χ0) is 24.4. The van der Waals surface area contributed by atoms with E-state index < -0.39 is 6.10 Å². The van der Waals surface area contributed by atoms with Gasteiger partial charge in [0.1, 0.15) is 6.54 Å². The van der Waals surface area contributed by atoms with E-state index in [2.05, 4.69) is 20.6 Å². The fourth-order valence-corrected chi connectivity index (χ4v) is 5.21. The number of ether oxygens (including phenoxy) is 1. The molecule has 1 aromatic heterocycles.